The highest BCUT2D eigenvalue weighted by Crippen LogP contribution is 2.29. The van der Waals surface area contributed by atoms with Crippen molar-refractivity contribution in [3.63, 3.8) is 0 Å². The van der Waals surface area contributed by atoms with E-state index < -0.39 is 0 Å². The van der Waals surface area contributed by atoms with E-state index in [0.717, 1.165) is 11.1 Å². The van der Waals surface area contributed by atoms with Crippen LogP contribution in [-0.4, -0.2) is 25.8 Å². The first-order chi connectivity index (χ1) is 15.1. The van der Waals surface area contributed by atoms with Crippen LogP contribution in [0, 0.1) is 6.92 Å². The van der Waals surface area contributed by atoms with Gasteiger partial charge in [-0.3, -0.25) is 4.79 Å². The lowest BCUT2D eigenvalue weighted by molar-refractivity contribution is 0.0955. The van der Waals surface area contributed by atoms with Crippen molar-refractivity contribution in [1.29, 1.82) is 0 Å². The van der Waals surface area contributed by atoms with Gasteiger partial charge in [-0.25, -0.2) is 5.43 Å². The minimum atomic E-state index is -0.304. The number of nitrogens with one attached hydrogen (secondary N) is 1. The topological polar surface area (TPSA) is 69.2 Å². The van der Waals surface area contributed by atoms with Gasteiger partial charge < -0.3 is 14.2 Å². The maximum atomic E-state index is 12.2. The third-order valence-electron chi connectivity index (χ3n) is 4.51. The molecule has 3 aromatic carbocycles. The molecule has 3 rings (SSSR count). The lowest BCUT2D eigenvalue weighted by Gasteiger charge is -2.12. The van der Waals surface area contributed by atoms with E-state index >= 15 is 0 Å². The average Bonchev–Trinajstić information content (AvgIpc) is 2.80. The Morgan fingerprint density at radius 3 is 2.39 bits per heavy atom. The highest BCUT2D eigenvalue weighted by molar-refractivity contribution is 5.95. The van der Waals surface area contributed by atoms with E-state index in [2.05, 4.69) is 29.6 Å². The maximum Gasteiger partial charge on any atom is 0.271 e. The van der Waals surface area contributed by atoms with E-state index in [9.17, 15) is 4.79 Å². The molecule has 0 spiro atoms. The second-order valence-corrected chi connectivity index (χ2v) is 6.84. The van der Waals surface area contributed by atoms with Crippen molar-refractivity contribution in [2.45, 2.75) is 20.5 Å². The lowest BCUT2D eigenvalue weighted by atomic mass is 10.2. The number of carbonyl (C=O) groups excluding carboxylic acids is 1. The zero-order valence-corrected chi connectivity index (χ0v) is 17.9. The van der Waals surface area contributed by atoms with Crippen LogP contribution in [0.2, 0.25) is 0 Å². The first-order valence-corrected chi connectivity index (χ1v) is 10.0. The second-order valence-electron chi connectivity index (χ2n) is 6.84. The molecule has 6 heteroatoms. The van der Waals surface area contributed by atoms with E-state index in [-0.39, 0.29) is 5.91 Å². The summed E-state index contributed by atoms with van der Waals surface area (Å²) in [7, 11) is 1.58. The SMILES string of the molecule is CCOc1cc(C=NNC(=O)c2ccc(OC)cc2)ccc1OCc1ccc(C)cc1. The highest BCUT2D eigenvalue weighted by atomic mass is 16.5. The molecule has 0 bridgehead atoms. The fourth-order valence-electron chi connectivity index (χ4n) is 2.81. The van der Waals surface area contributed by atoms with Crippen LogP contribution >= 0.6 is 0 Å². The van der Waals surface area contributed by atoms with Gasteiger partial charge in [-0.2, -0.15) is 5.10 Å². The van der Waals surface area contributed by atoms with E-state index in [4.69, 9.17) is 14.2 Å². The number of benzene rings is 3. The number of hydrogen-bond donors (Lipinski definition) is 1. The number of hydrogen-bond acceptors (Lipinski definition) is 5. The molecule has 0 saturated heterocycles. The number of aryl methyl sites for hydroxylation is 1. The second kappa shape index (κ2) is 10.8. The van der Waals surface area contributed by atoms with Crippen LogP contribution in [0.15, 0.2) is 71.8 Å². The molecule has 0 fully saturated rings. The molecule has 0 atom stereocenters. The first kappa shape index (κ1) is 21.9. The zero-order chi connectivity index (χ0) is 22.1. The number of hydrazone groups is 1. The van der Waals surface area contributed by atoms with Gasteiger partial charge >= 0.3 is 0 Å². The van der Waals surface area contributed by atoms with E-state index in [1.54, 1.807) is 37.6 Å². The summed E-state index contributed by atoms with van der Waals surface area (Å²) < 4.78 is 16.8. The van der Waals surface area contributed by atoms with Crippen molar-refractivity contribution >= 4 is 12.1 Å². The molecule has 0 heterocycles. The Balaban J connectivity index is 1.63. The molecule has 1 amide bonds. The Morgan fingerprint density at radius 2 is 1.71 bits per heavy atom. The molecular formula is C25H26N2O4. The molecule has 0 aliphatic heterocycles. The summed E-state index contributed by atoms with van der Waals surface area (Å²) in [6.07, 6.45) is 1.56. The Hall–Kier alpha value is -3.80. The number of ether oxygens (including phenoxy) is 3. The highest BCUT2D eigenvalue weighted by Gasteiger charge is 2.07. The minimum Gasteiger partial charge on any atom is -0.497 e. The van der Waals surface area contributed by atoms with Crippen molar-refractivity contribution < 1.29 is 19.0 Å². The van der Waals surface area contributed by atoms with Gasteiger partial charge in [0.1, 0.15) is 12.4 Å². The first-order valence-electron chi connectivity index (χ1n) is 10.0. The summed E-state index contributed by atoms with van der Waals surface area (Å²) in [6, 6.07) is 20.5. The minimum absolute atomic E-state index is 0.304. The van der Waals surface area contributed by atoms with E-state index in [1.165, 1.54) is 5.56 Å². The van der Waals surface area contributed by atoms with Crippen LogP contribution < -0.4 is 19.6 Å². The van der Waals surface area contributed by atoms with Gasteiger partial charge in [0.15, 0.2) is 11.5 Å². The van der Waals surface area contributed by atoms with Crippen molar-refractivity contribution in [3.05, 3.63) is 89.0 Å². The Morgan fingerprint density at radius 1 is 0.968 bits per heavy atom. The molecular weight excluding hydrogens is 392 g/mol. The normalized spacial score (nSPS) is 10.7. The fourth-order valence-corrected chi connectivity index (χ4v) is 2.81. The molecule has 31 heavy (non-hydrogen) atoms. The van der Waals surface area contributed by atoms with Crippen LogP contribution in [0.25, 0.3) is 0 Å². The van der Waals surface area contributed by atoms with Crippen LogP contribution in [-0.2, 0) is 6.61 Å². The van der Waals surface area contributed by atoms with E-state index in [0.29, 0.717) is 36.0 Å². The quantitative estimate of drug-likeness (QED) is 0.402. The van der Waals surface area contributed by atoms with Crippen molar-refractivity contribution in [2.24, 2.45) is 5.10 Å². The smallest absolute Gasteiger partial charge is 0.271 e. The molecule has 0 unspecified atom stereocenters. The molecule has 3 aromatic rings. The summed E-state index contributed by atoms with van der Waals surface area (Å²) >= 11 is 0. The maximum absolute atomic E-state index is 12.2. The van der Waals surface area contributed by atoms with Crippen molar-refractivity contribution in [2.75, 3.05) is 13.7 Å². The zero-order valence-electron chi connectivity index (χ0n) is 17.9. The summed E-state index contributed by atoms with van der Waals surface area (Å²) in [5.74, 6) is 1.66. The number of amides is 1. The third kappa shape index (κ3) is 6.34. The predicted octanol–water partition coefficient (Wildman–Crippen LogP) is 4.75. The van der Waals surface area contributed by atoms with Gasteiger partial charge in [0.2, 0.25) is 0 Å². The summed E-state index contributed by atoms with van der Waals surface area (Å²) in [5, 5.41) is 4.04. The average molecular weight is 418 g/mol. The molecule has 6 nitrogen and oxygen atoms in total. The monoisotopic (exact) mass is 418 g/mol. The van der Waals surface area contributed by atoms with Crippen molar-refractivity contribution in [1.82, 2.24) is 5.43 Å². The molecule has 0 aliphatic carbocycles. The Labute approximate surface area is 182 Å². The molecule has 160 valence electrons. The number of nitrogens with zero attached hydrogens (tertiary/aromatic N) is 1. The number of methoxy groups -OCH3 is 1. The van der Waals surface area contributed by atoms with Crippen LogP contribution in [0.3, 0.4) is 0 Å². The van der Waals surface area contributed by atoms with Crippen LogP contribution in [0.1, 0.15) is 34.0 Å². The Bertz CT molecular complexity index is 1030. The lowest BCUT2D eigenvalue weighted by Crippen LogP contribution is -2.17. The molecule has 1 N–H and O–H groups in total. The van der Waals surface area contributed by atoms with Crippen LogP contribution in [0.4, 0.5) is 0 Å². The standard InChI is InChI=1S/C25H26N2O4/c1-4-30-24-15-20(9-14-23(24)31-17-19-7-5-18(2)6-8-19)16-26-27-25(28)21-10-12-22(29-3)13-11-21/h5-16H,4,17H2,1-3H3,(H,27,28). The molecule has 0 aliphatic rings. The van der Waals surface area contributed by atoms with E-state index in [1.807, 2.05) is 37.3 Å². The largest absolute Gasteiger partial charge is 0.497 e. The van der Waals surface area contributed by atoms with Gasteiger partial charge in [-0.05, 0) is 67.4 Å². The van der Waals surface area contributed by atoms with Crippen LogP contribution in [0.5, 0.6) is 17.2 Å². The van der Waals surface area contributed by atoms with Gasteiger partial charge in [0.05, 0.1) is 19.9 Å². The predicted molar refractivity (Wildman–Crippen MR) is 121 cm³/mol. The number of rotatable bonds is 9. The molecule has 0 saturated carbocycles. The van der Waals surface area contributed by atoms with Gasteiger partial charge in [-0.1, -0.05) is 29.8 Å². The number of carbonyl (C=O) groups is 1. The summed E-state index contributed by atoms with van der Waals surface area (Å²) in [4.78, 5) is 12.2. The summed E-state index contributed by atoms with van der Waals surface area (Å²) in [6.45, 7) is 4.93. The van der Waals surface area contributed by atoms with Gasteiger partial charge in [0.25, 0.3) is 5.91 Å². The third-order valence-corrected chi connectivity index (χ3v) is 4.51. The van der Waals surface area contributed by atoms with Gasteiger partial charge in [-0.15, -0.1) is 0 Å². The molecule has 0 radical (unpaired) electrons. The Kier molecular flexibility index (Phi) is 7.65. The molecule has 0 aromatic heterocycles. The summed E-state index contributed by atoms with van der Waals surface area (Å²) in [5.41, 5.74) is 6.08. The van der Waals surface area contributed by atoms with Gasteiger partial charge in [0, 0.05) is 5.56 Å². The van der Waals surface area contributed by atoms with Crippen molar-refractivity contribution in [3.8, 4) is 17.2 Å². The fraction of sp³-hybridized carbons (Fsp3) is 0.200.